The van der Waals surface area contributed by atoms with E-state index in [-0.39, 0.29) is 30.7 Å². The Morgan fingerprint density at radius 3 is 1.06 bits per heavy atom. The third-order valence-corrected chi connectivity index (χ3v) is 22.9. The number of alkyl carbamates (subject to hydrolysis) is 1. The van der Waals surface area contributed by atoms with Gasteiger partial charge in [0.15, 0.2) is 17.3 Å². The van der Waals surface area contributed by atoms with Crippen molar-refractivity contribution in [1.82, 2.24) is 75.9 Å². The number of amides is 2. The molecule has 602 valence electrons. The van der Waals surface area contributed by atoms with Crippen LogP contribution in [0.2, 0.25) is 0 Å². The molecule has 15 aromatic rings. The van der Waals surface area contributed by atoms with E-state index in [4.69, 9.17) is 42.4 Å². The first kappa shape index (κ1) is 88.8. The third kappa shape index (κ3) is 24.2. The van der Waals surface area contributed by atoms with Gasteiger partial charge in [-0.2, -0.15) is 20.4 Å². The average Bonchev–Trinajstić information content (AvgIpc) is 1.68. The van der Waals surface area contributed by atoms with Gasteiger partial charge in [-0.1, -0.05) is 222 Å². The zero-order valence-corrected chi connectivity index (χ0v) is 70.5. The maximum Gasteiger partial charge on any atom is 0.407 e. The lowest BCUT2D eigenvalue weighted by Gasteiger charge is -2.08. The Morgan fingerprint density at radius 2 is 0.744 bits per heavy atom. The molecule has 0 fully saturated rings. The maximum absolute atomic E-state index is 12.1. The van der Waals surface area contributed by atoms with Crippen LogP contribution in [-0.2, 0) is 53.2 Å². The summed E-state index contributed by atoms with van der Waals surface area (Å²) in [6.45, 7) is 11.9. The van der Waals surface area contributed by atoms with Gasteiger partial charge in [0.05, 0.1) is 97.6 Å². The van der Waals surface area contributed by atoms with E-state index in [1.54, 1.807) is 96.8 Å². The number of hydrogen-bond acceptors (Lipinski definition) is 23. The van der Waals surface area contributed by atoms with Crippen LogP contribution >= 0.6 is 68.9 Å². The van der Waals surface area contributed by atoms with Gasteiger partial charge in [0.25, 0.3) is 5.91 Å². The highest BCUT2D eigenvalue weighted by atomic mass is 32.1. The van der Waals surface area contributed by atoms with Crippen molar-refractivity contribution in [2.24, 2.45) is 5.73 Å². The highest BCUT2D eigenvalue weighted by Crippen LogP contribution is 2.40. The summed E-state index contributed by atoms with van der Waals surface area (Å²) in [5.74, 6) is -0.179. The van der Waals surface area contributed by atoms with Crippen LogP contribution in [0, 0.1) is 0 Å². The molecule has 9 aromatic heterocycles. The number of aromatic nitrogens is 13. The number of nitrogens with one attached hydrogen (secondary N) is 5. The third-order valence-electron chi connectivity index (χ3n) is 16.8. The Kier molecular flexibility index (Phi) is 33.5. The number of nitrogens with zero attached hydrogens (tertiary/aromatic N) is 10. The highest BCUT2D eigenvalue weighted by molar-refractivity contribution is 7.80. The first-order valence-corrected chi connectivity index (χ1v) is 41.1. The smallest absolute Gasteiger partial charge is 0.407 e. The quantitative estimate of drug-likeness (QED) is 0.0256. The average molecular weight is 1680 g/mol. The van der Waals surface area contributed by atoms with E-state index in [0.29, 0.717) is 52.4 Å². The molecule has 0 aliphatic heterocycles. The molecule has 24 nitrogen and oxygen atoms in total. The van der Waals surface area contributed by atoms with Crippen molar-refractivity contribution in [3.63, 3.8) is 0 Å². The van der Waals surface area contributed by atoms with Crippen LogP contribution in [0.3, 0.4) is 0 Å². The number of Topliss-reactive ketones (excluding diaryl/α,β-unsaturated/α-hetero) is 3. The second kappa shape index (κ2) is 44.1. The Hall–Kier alpha value is -12.1. The van der Waals surface area contributed by atoms with Crippen LogP contribution < -0.4 is 11.1 Å². The number of aromatic amines is 4. The molecule has 0 aliphatic carbocycles. The molecule has 15 rings (SSSR count). The van der Waals surface area contributed by atoms with Crippen molar-refractivity contribution in [1.29, 1.82) is 0 Å². The molecule has 9 heterocycles. The Morgan fingerprint density at radius 1 is 0.427 bits per heavy atom. The molecule has 30 heteroatoms. The molecule has 0 radical (unpaired) electrons. The van der Waals surface area contributed by atoms with Gasteiger partial charge in [-0.25, -0.2) is 29.7 Å². The summed E-state index contributed by atoms with van der Waals surface area (Å²) in [5, 5.41) is 35.6. The lowest BCUT2D eigenvalue weighted by atomic mass is 10.2. The van der Waals surface area contributed by atoms with Crippen LogP contribution in [0.4, 0.5) is 4.79 Å². The van der Waals surface area contributed by atoms with Crippen LogP contribution in [-0.4, -0.2) is 140 Å². The summed E-state index contributed by atoms with van der Waals surface area (Å²) < 4.78 is 14.9. The highest BCUT2D eigenvalue weighted by Gasteiger charge is 2.23. The molecule has 0 unspecified atom stereocenters. The van der Waals surface area contributed by atoms with E-state index in [9.17, 15) is 24.0 Å². The first-order chi connectivity index (χ1) is 56.2. The zero-order chi connectivity index (χ0) is 82.6. The molecule has 0 saturated carbocycles. The minimum Gasteiger partial charge on any atom is -0.453 e. The van der Waals surface area contributed by atoms with E-state index < -0.39 is 6.09 Å². The Bertz CT molecular complexity index is 5560. The van der Waals surface area contributed by atoms with Crippen LogP contribution in [0.25, 0.3) is 95.1 Å². The molecule has 0 spiro atoms. The lowest BCUT2D eigenvalue weighted by molar-refractivity contribution is 0.0826. The van der Waals surface area contributed by atoms with Crippen molar-refractivity contribution >= 4 is 103 Å². The summed E-state index contributed by atoms with van der Waals surface area (Å²) >= 11 is 12.6. The summed E-state index contributed by atoms with van der Waals surface area (Å²) in [5.41, 5.74) is 21.8. The lowest BCUT2D eigenvalue weighted by Crippen LogP contribution is -2.22. The topological polar surface area (TPSA) is 334 Å². The molecule has 0 bridgehead atoms. The molecular formula is C87H90N16O8S6. The summed E-state index contributed by atoms with van der Waals surface area (Å²) in [7, 11) is 8.05. The maximum atomic E-state index is 12.1. The number of carbonyl (C=O) groups excluding carboxylic acids is 5. The standard InChI is InChI=1S/C17H18N4O2S.C16H15N3O2S.2C16H15N3OS.C14H16N2O2S.C7H7NS.CH4/c1-3-13-15(24-16(19-13)11-7-5-4-6-8-11)14-9-12(20-21-14)10-18-17(22)23-2;1-10(20)12-8-13(19-18-12)15-14(9-21-2)17-16(22-15)11-6-4-3-5-7-11;2*1-3-12-15(14-9-13(10(2)20)18-19-14)21-16(17-12)11-7-5-4-6-8-11;1-16(2)14(17)12-11(9-18-3)15-13(19-12)10-7-5-4-6-8-10;8-7(9)6-4-2-1-3-5-6;/h4-9H,3,10H2,1-2H3,(H,18,22)(H,20,21);3-8H,9H2,1-2H3,(H,18,19);2*4-9H,3H2,1-2H3,(H,18,19);4-8H,9H2,1-3H3;1-5H,(H2,8,9);1H4. The fourth-order valence-electron chi connectivity index (χ4n) is 10.9. The van der Waals surface area contributed by atoms with Gasteiger partial charge in [0.2, 0.25) is 0 Å². The predicted octanol–water partition coefficient (Wildman–Crippen LogP) is 19.7. The molecular weight excluding hydrogens is 1590 g/mol. The number of hydrogen-bond donors (Lipinski definition) is 6. The van der Waals surface area contributed by atoms with Crippen molar-refractivity contribution in [2.45, 2.75) is 88.0 Å². The predicted molar refractivity (Wildman–Crippen MR) is 474 cm³/mol. The van der Waals surface area contributed by atoms with E-state index in [2.05, 4.69) is 118 Å². The van der Waals surface area contributed by atoms with Gasteiger partial charge in [-0.15, -0.1) is 56.7 Å². The van der Waals surface area contributed by atoms with E-state index in [0.717, 1.165) is 148 Å². The number of H-pyrrole nitrogens is 4. The second-order valence-electron chi connectivity index (χ2n) is 25.5. The molecule has 2 amide bonds. The molecule has 0 saturated heterocycles. The zero-order valence-electron chi connectivity index (χ0n) is 65.6. The number of carbonyl (C=O) groups is 5. The minimum atomic E-state index is -0.468. The van der Waals surface area contributed by atoms with Crippen LogP contribution in [0.5, 0.6) is 0 Å². The summed E-state index contributed by atoms with van der Waals surface area (Å²) in [6, 6.07) is 67.0. The van der Waals surface area contributed by atoms with Crippen molar-refractivity contribution < 1.29 is 38.2 Å². The van der Waals surface area contributed by atoms with Gasteiger partial charge in [0.1, 0.15) is 57.7 Å². The van der Waals surface area contributed by atoms with Crippen molar-refractivity contribution in [3.05, 3.63) is 268 Å². The molecule has 117 heavy (non-hydrogen) atoms. The van der Waals surface area contributed by atoms with Gasteiger partial charge in [-0.05, 0) is 43.5 Å². The Balaban J connectivity index is 0.000000162. The number of nitrogens with two attached hydrogens (primary N) is 1. The van der Waals surface area contributed by atoms with Crippen molar-refractivity contribution in [3.8, 4) is 95.1 Å². The van der Waals surface area contributed by atoms with Gasteiger partial charge >= 0.3 is 6.09 Å². The SMILES string of the molecule is C.CCc1nc(-c2ccccc2)sc1-c1cc(C(C)=O)n[nH]1.CCc1nc(-c2ccccc2)sc1-c1cc(C(C)=O)n[nH]1.CCc1nc(-c2ccccc2)sc1-c1cc(CNC(=O)OC)[nH]n1.COCc1nc(-c2ccccc2)sc1-c1cc(C(C)=O)n[nH]1.COCc1nc(-c2ccccc2)sc1C(=O)N(C)C.NC(=S)c1ccccc1. The number of methoxy groups -OCH3 is 3. The fraction of sp³-hybridized carbons (Fsp3) is 0.207. The molecule has 0 aliphatic rings. The largest absolute Gasteiger partial charge is 0.453 e. The van der Waals surface area contributed by atoms with Gasteiger partial charge < -0.3 is 30.2 Å². The number of ketones is 3. The fourth-order valence-corrected chi connectivity index (χ4v) is 16.6. The molecule has 7 N–H and O–H groups in total. The molecule has 0 atom stereocenters. The van der Waals surface area contributed by atoms with E-state index >= 15 is 0 Å². The van der Waals surface area contributed by atoms with E-state index in [1.807, 2.05) is 152 Å². The minimum absolute atomic E-state index is 0. The molecule has 6 aromatic carbocycles. The summed E-state index contributed by atoms with van der Waals surface area (Å²) in [6.07, 6.45) is 2.05. The number of ether oxygens (including phenoxy) is 3. The Labute approximate surface area is 704 Å². The number of rotatable bonds is 23. The van der Waals surface area contributed by atoms with E-state index in [1.165, 1.54) is 39.2 Å². The first-order valence-electron chi connectivity index (χ1n) is 36.6. The van der Waals surface area contributed by atoms with Crippen molar-refractivity contribution in [2.75, 3.05) is 35.4 Å². The van der Waals surface area contributed by atoms with Crippen LogP contribution in [0.1, 0.15) is 130 Å². The monoisotopic (exact) mass is 1680 g/mol. The van der Waals surface area contributed by atoms with Gasteiger partial charge in [-0.3, -0.25) is 39.6 Å². The van der Waals surface area contributed by atoms with Gasteiger partial charge in [0, 0.05) is 82.5 Å². The number of aryl methyl sites for hydroxylation is 3. The second-order valence-corrected chi connectivity index (χ2v) is 30.9. The number of benzene rings is 6. The van der Waals surface area contributed by atoms with Crippen LogP contribution in [0.15, 0.2) is 206 Å². The number of thiazole rings is 5. The number of thiocarbonyl (C=S) groups is 1. The normalized spacial score (nSPS) is 10.5. The summed E-state index contributed by atoms with van der Waals surface area (Å²) in [4.78, 5) is 87.5.